The van der Waals surface area contributed by atoms with Crippen LogP contribution in [0.1, 0.15) is 40.1 Å². The van der Waals surface area contributed by atoms with Crippen molar-refractivity contribution in [3.63, 3.8) is 0 Å². The van der Waals surface area contributed by atoms with E-state index in [2.05, 4.69) is 4.98 Å². The van der Waals surface area contributed by atoms with Gasteiger partial charge in [-0.15, -0.1) is 0 Å². The Kier molecular flexibility index (Phi) is 2.54. The molecule has 2 heterocycles. The Morgan fingerprint density at radius 2 is 2.17 bits per heavy atom. The van der Waals surface area contributed by atoms with Crippen LogP contribution in [0.25, 0.3) is 0 Å². The monoisotopic (exact) mass is 246 g/mol. The fourth-order valence-electron chi connectivity index (χ4n) is 2.97. The second-order valence-electron chi connectivity index (χ2n) is 5.03. The zero-order valence-corrected chi connectivity index (χ0v) is 9.87. The van der Waals surface area contributed by atoms with Crippen LogP contribution in [0.15, 0.2) is 18.3 Å². The van der Waals surface area contributed by atoms with Gasteiger partial charge in [0.05, 0.1) is 5.56 Å². The molecule has 1 saturated heterocycles. The van der Waals surface area contributed by atoms with Gasteiger partial charge in [-0.1, -0.05) is 0 Å². The highest BCUT2D eigenvalue weighted by atomic mass is 16.4. The lowest BCUT2D eigenvalue weighted by Crippen LogP contribution is -2.38. The Balaban J connectivity index is 1.78. The van der Waals surface area contributed by atoms with Crippen molar-refractivity contribution in [1.29, 1.82) is 0 Å². The molecular weight excluding hydrogens is 232 g/mol. The number of aromatic carboxylic acids is 1. The minimum absolute atomic E-state index is 0.0702. The summed E-state index contributed by atoms with van der Waals surface area (Å²) in [6, 6.07) is 3.29. The summed E-state index contributed by atoms with van der Waals surface area (Å²) in [5.74, 6) is -0.446. The lowest BCUT2D eigenvalue weighted by molar-refractivity contribution is 0.0681. The van der Waals surface area contributed by atoms with Crippen molar-refractivity contribution in [2.45, 2.75) is 25.3 Å². The SMILES string of the molecule is O=C(O)c1ccc(C(=O)N2CC3CCC2C3)nc1. The number of carbonyl (C=O) groups excluding carboxylic acids is 1. The van der Waals surface area contributed by atoms with Crippen LogP contribution in [-0.4, -0.2) is 39.5 Å². The second-order valence-corrected chi connectivity index (χ2v) is 5.03. The Morgan fingerprint density at radius 1 is 1.33 bits per heavy atom. The molecule has 2 aliphatic rings. The largest absolute Gasteiger partial charge is 0.478 e. The van der Waals surface area contributed by atoms with Gasteiger partial charge in [-0.05, 0) is 37.3 Å². The molecule has 1 aliphatic carbocycles. The van der Waals surface area contributed by atoms with Crippen LogP contribution in [0.4, 0.5) is 0 Å². The van der Waals surface area contributed by atoms with E-state index in [1.165, 1.54) is 24.8 Å². The molecule has 1 aromatic rings. The lowest BCUT2D eigenvalue weighted by atomic mass is 10.1. The summed E-state index contributed by atoms with van der Waals surface area (Å²) in [5, 5.41) is 8.78. The van der Waals surface area contributed by atoms with Crippen LogP contribution in [0.2, 0.25) is 0 Å². The third-order valence-electron chi connectivity index (χ3n) is 3.90. The van der Waals surface area contributed by atoms with E-state index in [9.17, 15) is 9.59 Å². The number of pyridine rings is 1. The molecule has 1 N–H and O–H groups in total. The van der Waals surface area contributed by atoms with Gasteiger partial charge in [-0.2, -0.15) is 0 Å². The van der Waals surface area contributed by atoms with Crippen molar-refractivity contribution in [2.24, 2.45) is 5.92 Å². The van der Waals surface area contributed by atoms with Gasteiger partial charge in [0.15, 0.2) is 0 Å². The molecular formula is C13H14N2O3. The Labute approximate surface area is 104 Å². The van der Waals surface area contributed by atoms with E-state index in [0.29, 0.717) is 17.7 Å². The summed E-state index contributed by atoms with van der Waals surface area (Å²) < 4.78 is 0. The average Bonchev–Trinajstić information content (AvgIpc) is 3.00. The molecule has 3 rings (SSSR count). The fourth-order valence-corrected chi connectivity index (χ4v) is 2.97. The van der Waals surface area contributed by atoms with Crippen LogP contribution in [0.5, 0.6) is 0 Å². The molecule has 1 saturated carbocycles. The molecule has 2 unspecified atom stereocenters. The van der Waals surface area contributed by atoms with Crippen molar-refractivity contribution < 1.29 is 14.7 Å². The zero-order chi connectivity index (χ0) is 12.7. The minimum atomic E-state index is -1.03. The molecule has 2 fully saturated rings. The first-order valence-corrected chi connectivity index (χ1v) is 6.15. The number of amides is 1. The number of hydrogen-bond donors (Lipinski definition) is 1. The lowest BCUT2D eigenvalue weighted by Gasteiger charge is -2.26. The van der Waals surface area contributed by atoms with E-state index in [-0.39, 0.29) is 11.5 Å². The second kappa shape index (κ2) is 4.08. The molecule has 0 spiro atoms. The number of carbonyl (C=O) groups is 2. The van der Waals surface area contributed by atoms with Crippen LogP contribution in [-0.2, 0) is 0 Å². The quantitative estimate of drug-likeness (QED) is 0.856. The van der Waals surface area contributed by atoms with E-state index in [0.717, 1.165) is 19.4 Å². The molecule has 5 nitrogen and oxygen atoms in total. The zero-order valence-electron chi connectivity index (χ0n) is 9.87. The Bertz CT molecular complexity index is 497. The van der Waals surface area contributed by atoms with Crippen LogP contribution in [0, 0.1) is 5.92 Å². The van der Waals surface area contributed by atoms with E-state index < -0.39 is 5.97 Å². The normalized spacial score (nSPS) is 25.4. The number of carboxylic acids is 1. The number of likely N-dealkylation sites (tertiary alicyclic amines) is 1. The summed E-state index contributed by atoms with van der Waals surface area (Å²) in [7, 11) is 0. The summed E-state index contributed by atoms with van der Waals surface area (Å²) in [6.45, 7) is 0.825. The summed E-state index contributed by atoms with van der Waals surface area (Å²) in [5.41, 5.74) is 0.446. The highest BCUT2D eigenvalue weighted by Crippen LogP contribution is 2.37. The maximum atomic E-state index is 12.2. The molecule has 0 radical (unpaired) electrons. The van der Waals surface area contributed by atoms with Gasteiger partial charge in [0.2, 0.25) is 0 Å². The first kappa shape index (κ1) is 11.2. The van der Waals surface area contributed by atoms with Gasteiger partial charge < -0.3 is 10.0 Å². The van der Waals surface area contributed by atoms with Crippen LogP contribution < -0.4 is 0 Å². The van der Waals surface area contributed by atoms with Gasteiger partial charge in [-0.3, -0.25) is 9.78 Å². The highest BCUT2D eigenvalue weighted by molar-refractivity contribution is 5.94. The third-order valence-corrected chi connectivity index (χ3v) is 3.90. The molecule has 1 aromatic heterocycles. The molecule has 1 amide bonds. The number of fused-ring (bicyclic) bond motifs is 2. The molecule has 2 atom stereocenters. The predicted octanol–water partition coefficient (Wildman–Crippen LogP) is 1.40. The number of aromatic nitrogens is 1. The van der Waals surface area contributed by atoms with Gasteiger partial charge >= 0.3 is 5.97 Å². The smallest absolute Gasteiger partial charge is 0.337 e. The predicted molar refractivity (Wildman–Crippen MR) is 63.4 cm³/mol. The third kappa shape index (κ3) is 1.75. The molecule has 2 bridgehead atoms. The highest BCUT2D eigenvalue weighted by Gasteiger charge is 2.40. The Hall–Kier alpha value is -1.91. The number of piperidine rings is 1. The number of nitrogens with zero attached hydrogens (tertiary/aromatic N) is 2. The van der Waals surface area contributed by atoms with Crippen molar-refractivity contribution in [1.82, 2.24) is 9.88 Å². The molecule has 5 heteroatoms. The maximum Gasteiger partial charge on any atom is 0.337 e. The standard InChI is InChI=1S/C13H14N2O3/c16-12(15-7-8-1-3-10(15)5-8)11-4-2-9(6-14-11)13(17)18/h2,4,6,8,10H,1,3,5,7H2,(H,17,18). The summed E-state index contributed by atoms with van der Waals surface area (Å²) in [4.78, 5) is 28.8. The average molecular weight is 246 g/mol. The molecule has 18 heavy (non-hydrogen) atoms. The summed E-state index contributed by atoms with van der Waals surface area (Å²) in [6.07, 6.45) is 4.66. The molecule has 0 aromatic carbocycles. The number of rotatable bonds is 2. The van der Waals surface area contributed by atoms with Crippen molar-refractivity contribution in [2.75, 3.05) is 6.54 Å². The number of hydrogen-bond acceptors (Lipinski definition) is 3. The first-order valence-electron chi connectivity index (χ1n) is 6.15. The maximum absolute atomic E-state index is 12.2. The van der Waals surface area contributed by atoms with E-state index in [1.807, 2.05) is 4.90 Å². The molecule has 94 valence electrons. The van der Waals surface area contributed by atoms with Gasteiger partial charge in [0.25, 0.3) is 5.91 Å². The summed E-state index contributed by atoms with van der Waals surface area (Å²) >= 11 is 0. The van der Waals surface area contributed by atoms with Crippen molar-refractivity contribution >= 4 is 11.9 Å². The van der Waals surface area contributed by atoms with E-state index in [1.54, 1.807) is 0 Å². The van der Waals surface area contributed by atoms with E-state index in [4.69, 9.17) is 5.11 Å². The van der Waals surface area contributed by atoms with Crippen molar-refractivity contribution in [3.05, 3.63) is 29.6 Å². The van der Waals surface area contributed by atoms with Crippen LogP contribution >= 0.6 is 0 Å². The van der Waals surface area contributed by atoms with Gasteiger partial charge in [0, 0.05) is 18.8 Å². The van der Waals surface area contributed by atoms with Gasteiger partial charge in [-0.25, -0.2) is 4.79 Å². The number of carboxylic acid groups (broad SMARTS) is 1. The van der Waals surface area contributed by atoms with E-state index >= 15 is 0 Å². The molecule has 1 aliphatic heterocycles. The topological polar surface area (TPSA) is 70.5 Å². The first-order chi connectivity index (χ1) is 8.65. The van der Waals surface area contributed by atoms with Crippen LogP contribution in [0.3, 0.4) is 0 Å². The minimum Gasteiger partial charge on any atom is -0.478 e. The van der Waals surface area contributed by atoms with Crippen molar-refractivity contribution in [3.8, 4) is 0 Å². The Morgan fingerprint density at radius 3 is 2.67 bits per heavy atom. The fraction of sp³-hybridized carbons (Fsp3) is 0.462. The van der Waals surface area contributed by atoms with Gasteiger partial charge in [0.1, 0.15) is 5.69 Å².